The Balaban J connectivity index is 2.59. The third kappa shape index (κ3) is 6.66. The Morgan fingerprint density at radius 1 is 1.47 bits per heavy atom. The number of ether oxygens (including phenoxy) is 1. The van der Waals surface area contributed by atoms with Gasteiger partial charge in [0.15, 0.2) is 6.61 Å². The summed E-state index contributed by atoms with van der Waals surface area (Å²) in [5.41, 5.74) is 5.83. The van der Waals surface area contributed by atoms with Crippen LogP contribution in [0.2, 0.25) is 0 Å². The molecule has 0 saturated carbocycles. The summed E-state index contributed by atoms with van der Waals surface area (Å²) < 4.78 is 40.5. The number of anilines is 1. The fraction of sp³-hybridized carbons (Fsp3) is 0.417. The smallest absolute Gasteiger partial charge is 0.422 e. The molecule has 1 amide bonds. The molecule has 0 heterocycles. The highest BCUT2D eigenvalue weighted by Gasteiger charge is 2.28. The first-order valence-electron chi connectivity index (χ1n) is 5.61. The molecule has 19 heavy (non-hydrogen) atoms. The van der Waals surface area contributed by atoms with Crippen LogP contribution in [0.5, 0.6) is 5.75 Å². The van der Waals surface area contributed by atoms with Crippen molar-refractivity contribution in [3.05, 3.63) is 24.3 Å². The standard InChI is InChI=1S/C12H15F3N2O2/c1-8(16)5-11(18)17-9-3-2-4-10(6-9)19-7-12(13,14)15/h2-4,6,8H,5,7,16H2,1H3,(H,17,18). The van der Waals surface area contributed by atoms with Crippen LogP contribution in [0.3, 0.4) is 0 Å². The Labute approximate surface area is 108 Å². The summed E-state index contributed by atoms with van der Waals surface area (Å²) in [5.74, 6) is -0.265. The Morgan fingerprint density at radius 2 is 2.16 bits per heavy atom. The molecule has 4 nitrogen and oxygen atoms in total. The molecule has 1 atom stereocenters. The van der Waals surface area contributed by atoms with Crippen LogP contribution in [-0.2, 0) is 4.79 Å². The molecule has 0 fully saturated rings. The quantitative estimate of drug-likeness (QED) is 0.867. The summed E-state index contributed by atoms with van der Waals surface area (Å²) >= 11 is 0. The Bertz CT molecular complexity index is 433. The van der Waals surface area contributed by atoms with Crippen LogP contribution in [0.25, 0.3) is 0 Å². The van der Waals surface area contributed by atoms with E-state index in [0.29, 0.717) is 5.69 Å². The minimum absolute atomic E-state index is 0.0379. The lowest BCUT2D eigenvalue weighted by Crippen LogP contribution is -2.24. The summed E-state index contributed by atoms with van der Waals surface area (Å²) in [5, 5.41) is 2.53. The molecule has 7 heteroatoms. The van der Waals surface area contributed by atoms with Crippen LogP contribution in [0.4, 0.5) is 18.9 Å². The van der Waals surface area contributed by atoms with E-state index in [-0.39, 0.29) is 24.1 Å². The third-order valence-corrected chi connectivity index (χ3v) is 2.03. The Morgan fingerprint density at radius 3 is 2.74 bits per heavy atom. The minimum Gasteiger partial charge on any atom is -0.484 e. The zero-order valence-corrected chi connectivity index (χ0v) is 10.3. The summed E-state index contributed by atoms with van der Waals surface area (Å²) in [4.78, 5) is 11.4. The van der Waals surface area contributed by atoms with Crippen LogP contribution < -0.4 is 15.8 Å². The van der Waals surface area contributed by atoms with Crippen LogP contribution in [0, 0.1) is 0 Å². The van der Waals surface area contributed by atoms with Gasteiger partial charge >= 0.3 is 6.18 Å². The first-order valence-corrected chi connectivity index (χ1v) is 5.61. The minimum atomic E-state index is -4.39. The molecule has 0 aliphatic rings. The van der Waals surface area contributed by atoms with Gasteiger partial charge in [-0.1, -0.05) is 6.07 Å². The number of benzene rings is 1. The largest absolute Gasteiger partial charge is 0.484 e. The summed E-state index contributed by atoms with van der Waals surface area (Å²) in [6.45, 7) is 0.312. The second kappa shape index (κ2) is 6.42. The van der Waals surface area contributed by atoms with Crippen molar-refractivity contribution >= 4 is 11.6 Å². The van der Waals surface area contributed by atoms with Gasteiger partial charge in [-0.15, -0.1) is 0 Å². The number of carbonyl (C=O) groups is 1. The van der Waals surface area contributed by atoms with Gasteiger partial charge in [0.1, 0.15) is 5.75 Å². The first kappa shape index (κ1) is 15.3. The van der Waals surface area contributed by atoms with Crippen LogP contribution in [-0.4, -0.2) is 24.7 Å². The van der Waals surface area contributed by atoms with Gasteiger partial charge in [-0.3, -0.25) is 4.79 Å². The van der Waals surface area contributed by atoms with E-state index in [1.807, 2.05) is 0 Å². The van der Waals surface area contributed by atoms with Gasteiger partial charge in [0.25, 0.3) is 0 Å². The molecular formula is C12H15F3N2O2. The lowest BCUT2D eigenvalue weighted by Gasteiger charge is -2.11. The van der Waals surface area contributed by atoms with Crippen molar-refractivity contribution in [3.8, 4) is 5.75 Å². The number of hydrogen-bond acceptors (Lipinski definition) is 3. The van der Waals surface area contributed by atoms with Crippen molar-refractivity contribution in [2.24, 2.45) is 5.73 Å². The van der Waals surface area contributed by atoms with Crippen molar-refractivity contribution in [2.75, 3.05) is 11.9 Å². The first-order chi connectivity index (χ1) is 8.76. The number of halogens is 3. The second-order valence-electron chi connectivity index (χ2n) is 4.16. The molecule has 1 aromatic rings. The molecule has 0 spiro atoms. The molecule has 1 aromatic carbocycles. The van der Waals surface area contributed by atoms with E-state index >= 15 is 0 Å². The third-order valence-electron chi connectivity index (χ3n) is 2.03. The maximum absolute atomic E-state index is 12.0. The fourth-order valence-corrected chi connectivity index (χ4v) is 1.33. The van der Waals surface area contributed by atoms with E-state index in [4.69, 9.17) is 5.73 Å². The summed E-state index contributed by atoms with van der Waals surface area (Å²) in [7, 11) is 0. The van der Waals surface area contributed by atoms with Crippen molar-refractivity contribution < 1.29 is 22.7 Å². The molecule has 0 radical (unpaired) electrons. The summed E-state index contributed by atoms with van der Waals surface area (Å²) in [6.07, 6.45) is -4.26. The van der Waals surface area contributed by atoms with Gasteiger partial charge in [0.05, 0.1) is 0 Å². The number of alkyl halides is 3. The van der Waals surface area contributed by atoms with Gasteiger partial charge < -0.3 is 15.8 Å². The molecule has 0 aliphatic carbocycles. The van der Waals surface area contributed by atoms with Gasteiger partial charge in [-0.2, -0.15) is 13.2 Å². The van der Waals surface area contributed by atoms with E-state index in [1.165, 1.54) is 18.2 Å². The Hall–Kier alpha value is -1.76. The molecule has 1 unspecified atom stereocenters. The van der Waals surface area contributed by atoms with E-state index < -0.39 is 12.8 Å². The van der Waals surface area contributed by atoms with Crippen molar-refractivity contribution in [3.63, 3.8) is 0 Å². The van der Waals surface area contributed by atoms with Crippen LogP contribution in [0.1, 0.15) is 13.3 Å². The normalized spacial score (nSPS) is 12.9. The number of rotatable bonds is 5. The zero-order valence-electron chi connectivity index (χ0n) is 10.3. The number of amides is 1. The number of hydrogen-bond donors (Lipinski definition) is 2. The number of nitrogens with one attached hydrogen (secondary N) is 1. The molecule has 3 N–H and O–H groups in total. The molecule has 0 saturated heterocycles. The highest BCUT2D eigenvalue weighted by molar-refractivity contribution is 5.91. The SMILES string of the molecule is CC(N)CC(=O)Nc1cccc(OCC(F)(F)F)c1. The van der Waals surface area contributed by atoms with Crippen molar-refractivity contribution in [2.45, 2.75) is 25.6 Å². The average molecular weight is 276 g/mol. The van der Waals surface area contributed by atoms with Gasteiger partial charge in [0, 0.05) is 24.2 Å². The van der Waals surface area contributed by atoms with E-state index in [2.05, 4.69) is 10.1 Å². The lowest BCUT2D eigenvalue weighted by molar-refractivity contribution is -0.153. The molecule has 0 aliphatic heterocycles. The number of carbonyl (C=O) groups excluding carboxylic acids is 1. The topological polar surface area (TPSA) is 64.4 Å². The van der Waals surface area contributed by atoms with E-state index in [0.717, 1.165) is 0 Å². The average Bonchev–Trinajstić information content (AvgIpc) is 2.24. The number of nitrogens with two attached hydrogens (primary N) is 1. The van der Waals surface area contributed by atoms with Crippen molar-refractivity contribution in [1.29, 1.82) is 0 Å². The highest BCUT2D eigenvalue weighted by Crippen LogP contribution is 2.21. The maximum Gasteiger partial charge on any atom is 0.422 e. The summed E-state index contributed by atoms with van der Waals surface area (Å²) in [6, 6.07) is 5.47. The molecule has 106 valence electrons. The lowest BCUT2D eigenvalue weighted by atomic mass is 10.2. The zero-order chi connectivity index (χ0) is 14.5. The molecule has 0 aromatic heterocycles. The predicted octanol–water partition coefficient (Wildman–Crippen LogP) is 2.30. The van der Waals surface area contributed by atoms with Gasteiger partial charge in [-0.25, -0.2) is 0 Å². The van der Waals surface area contributed by atoms with E-state index in [9.17, 15) is 18.0 Å². The monoisotopic (exact) mass is 276 g/mol. The Kier molecular flexibility index (Phi) is 5.17. The van der Waals surface area contributed by atoms with Gasteiger partial charge in [0.2, 0.25) is 5.91 Å². The van der Waals surface area contributed by atoms with Gasteiger partial charge in [-0.05, 0) is 19.1 Å². The van der Waals surface area contributed by atoms with E-state index in [1.54, 1.807) is 13.0 Å². The second-order valence-corrected chi connectivity index (χ2v) is 4.16. The van der Waals surface area contributed by atoms with Crippen molar-refractivity contribution in [1.82, 2.24) is 0 Å². The molecule has 0 bridgehead atoms. The van der Waals surface area contributed by atoms with Crippen LogP contribution >= 0.6 is 0 Å². The highest BCUT2D eigenvalue weighted by atomic mass is 19.4. The fourth-order valence-electron chi connectivity index (χ4n) is 1.33. The maximum atomic E-state index is 12.0. The van der Waals surface area contributed by atoms with Crippen LogP contribution in [0.15, 0.2) is 24.3 Å². The molecular weight excluding hydrogens is 261 g/mol. The predicted molar refractivity (Wildman–Crippen MR) is 64.9 cm³/mol. The molecule has 1 rings (SSSR count).